The van der Waals surface area contributed by atoms with E-state index < -0.39 is 5.79 Å². The van der Waals surface area contributed by atoms with E-state index in [0.717, 1.165) is 25.3 Å². The van der Waals surface area contributed by atoms with E-state index in [1.807, 2.05) is 26.0 Å². The molecule has 1 aromatic rings. The van der Waals surface area contributed by atoms with Gasteiger partial charge in [-0.1, -0.05) is 19.1 Å². The SMILES string of the molecule is CCCOc1ccc(C(C)NCC2COC(C)(C)O2)cc1. The highest BCUT2D eigenvalue weighted by Crippen LogP contribution is 2.23. The summed E-state index contributed by atoms with van der Waals surface area (Å²) < 4.78 is 17.0. The zero-order chi connectivity index (χ0) is 15.3. The Labute approximate surface area is 127 Å². The Hall–Kier alpha value is -1.10. The van der Waals surface area contributed by atoms with Gasteiger partial charge >= 0.3 is 0 Å². The summed E-state index contributed by atoms with van der Waals surface area (Å²) in [4.78, 5) is 0. The molecule has 2 rings (SSSR count). The van der Waals surface area contributed by atoms with Crippen molar-refractivity contribution in [2.45, 2.75) is 52.0 Å². The molecule has 21 heavy (non-hydrogen) atoms. The van der Waals surface area contributed by atoms with Crippen LogP contribution in [-0.2, 0) is 9.47 Å². The molecule has 0 aliphatic carbocycles. The molecule has 1 aliphatic rings. The van der Waals surface area contributed by atoms with Gasteiger partial charge in [-0.05, 0) is 44.9 Å². The quantitative estimate of drug-likeness (QED) is 0.837. The van der Waals surface area contributed by atoms with E-state index in [1.165, 1.54) is 5.56 Å². The van der Waals surface area contributed by atoms with Crippen molar-refractivity contribution in [3.05, 3.63) is 29.8 Å². The maximum Gasteiger partial charge on any atom is 0.163 e. The van der Waals surface area contributed by atoms with Crippen LogP contribution in [0.2, 0.25) is 0 Å². The van der Waals surface area contributed by atoms with Crippen LogP contribution in [0.15, 0.2) is 24.3 Å². The standard InChI is InChI=1S/C17H27NO3/c1-5-10-19-15-8-6-14(7-9-15)13(2)18-11-16-12-20-17(3,4)21-16/h6-9,13,16,18H,5,10-12H2,1-4H3. The van der Waals surface area contributed by atoms with Crippen LogP contribution < -0.4 is 10.1 Å². The second kappa shape index (κ2) is 7.25. The van der Waals surface area contributed by atoms with Crippen molar-refractivity contribution in [2.24, 2.45) is 0 Å². The molecule has 0 bridgehead atoms. The predicted molar refractivity (Wildman–Crippen MR) is 83.5 cm³/mol. The zero-order valence-corrected chi connectivity index (χ0v) is 13.5. The van der Waals surface area contributed by atoms with E-state index in [2.05, 4.69) is 31.3 Å². The Morgan fingerprint density at radius 2 is 2.05 bits per heavy atom. The van der Waals surface area contributed by atoms with E-state index in [9.17, 15) is 0 Å². The van der Waals surface area contributed by atoms with Crippen molar-refractivity contribution >= 4 is 0 Å². The molecule has 1 N–H and O–H groups in total. The van der Waals surface area contributed by atoms with Gasteiger partial charge < -0.3 is 19.5 Å². The van der Waals surface area contributed by atoms with Crippen LogP contribution in [0.4, 0.5) is 0 Å². The molecule has 118 valence electrons. The first-order chi connectivity index (χ1) is 10.00. The minimum atomic E-state index is -0.451. The molecular formula is C17H27NO3. The molecule has 0 amide bonds. The third-order valence-corrected chi connectivity index (χ3v) is 3.57. The summed E-state index contributed by atoms with van der Waals surface area (Å²) >= 11 is 0. The van der Waals surface area contributed by atoms with Gasteiger partial charge in [0.1, 0.15) is 5.75 Å². The van der Waals surface area contributed by atoms with Crippen molar-refractivity contribution < 1.29 is 14.2 Å². The van der Waals surface area contributed by atoms with E-state index in [4.69, 9.17) is 14.2 Å². The monoisotopic (exact) mass is 293 g/mol. The first-order valence-electron chi connectivity index (χ1n) is 7.78. The fourth-order valence-corrected chi connectivity index (χ4v) is 2.36. The van der Waals surface area contributed by atoms with Crippen LogP contribution in [0, 0.1) is 0 Å². The number of benzene rings is 1. The largest absolute Gasteiger partial charge is 0.494 e. The van der Waals surface area contributed by atoms with Crippen molar-refractivity contribution in [3.8, 4) is 5.75 Å². The van der Waals surface area contributed by atoms with Crippen LogP contribution in [0.5, 0.6) is 5.75 Å². The Balaban J connectivity index is 1.79. The number of hydrogen-bond acceptors (Lipinski definition) is 4. The third-order valence-electron chi connectivity index (χ3n) is 3.57. The molecule has 0 saturated carbocycles. The predicted octanol–water partition coefficient (Wildman–Crippen LogP) is 3.28. The molecule has 0 spiro atoms. The Morgan fingerprint density at radius 1 is 1.33 bits per heavy atom. The summed E-state index contributed by atoms with van der Waals surface area (Å²) in [5.41, 5.74) is 1.25. The van der Waals surface area contributed by atoms with Gasteiger partial charge in [-0.25, -0.2) is 0 Å². The van der Waals surface area contributed by atoms with Crippen molar-refractivity contribution in [1.82, 2.24) is 5.32 Å². The molecule has 1 heterocycles. The summed E-state index contributed by atoms with van der Waals surface area (Å²) in [6.07, 6.45) is 1.15. The highest BCUT2D eigenvalue weighted by Gasteiger charge is 2.32. The van der Waals surface area contributed by atoms with Gasteiger partial charge in [0.2, 0.25) is 0 Å². The molecule has 0 radical (unpaired) electrons. The van der Waals surface area contributed by atoms with Crippen LogP contribution in [-0.4, -0.2) is 31.6 Å². The van der Waals surface area contributed by atoms with E-state index >= 15 is 0 Å². The Bertz CT molecular complexity index is 430. The molecule has 2 unspecified atom stereocenters. The fourth-order valence-electron chi connectivity index (χ4n) is 2.36. The molecule has 1 aliphatic heterocycles. The lowest BCUT2D eigenvalue weighted by Crippen LogP contribution is -2.32. The summed E-state index contributed by atoms with van der Waals surface area (Å²) in [6.45, 7) is 10.4. The highest BCUT2D eigenvalue weighted by molar-refractivity contribution is 5.28. The molecule has 1 aromatic carbocycles. The lowest BCUT2D eigenvalue weighted by Gasteiger charge is -2.19. The first kappa shape index (κ1) is 16.3. The van der Waals surface area contributed by atoms with Crippen molar-refractivity contribution in [3.63, 3.8) is 0 Å². The normalized spacial score (nSPS) is 22.2. The number of rotatable bonds is 7. The highest BCUT2D eigenvalue weighted by atomic mass is 16.7. The van der Waals surface area contributed by atoms with Crippen LogP contribution >= 0.6 is 0 Å². The molecule has 0 aromatic heterocycles. The molecule has 1 fully saturated rings. The summed E-state index contributed by atoms with van der Waals surface area (Å²) in [7, 11) is 0. The smallest absolute Gasteiger partial charge is 0.163 e. The average molecular weight is 293 g/mol. The van der Waals surface area contributed by atoms with Gasteiger partial charge in [0.15, 0.2) is 5.79 Å². The van der Waals surface area contributed by atoms with Crippen LogP contribution in [0.1, 0.15) is 45.7 Å². The maximum atomic E-state index is 5.79. The zero-order valence-electron chi connectivity index (χ0n) is 13.5. The lowest BCUT2D eigenvalue weighted by molar-refractivity contribution is -0.137. The Morgan fingerprint density at radius 3 is 2.62 bits per heavy atom. The van der Waals surface area contributed by atoms with Gasteiger partial charge in [0.25, 0.3) is 0 Å². The Kier molecular flexibility index (Phi) is 5.62. The second-order valence-corrected chi connectivity index (χ2v) is 6.00. The van der Waals surface area contributed by atoms with E-state index in [-0.39, 0.29) is 12.1 Å². The second-order valence-electron chi connectivity index (χ2n) is 6.00. The maximum absolute atomic E-state index is 5.79. The molecule has 2 atom stereocenters. The van der Waals surface area contributed by atoms with Crippen molar-refractivity contribution in [1.29, 1.82) is 0 Å². The van der Waals surface area contributed by atoms with E-state index in [1.54, 1.807) is 0 Å². The number of hydrogen-bond donors (Lipinski definition) is 1. The van der Waals surface area contributed by atoms with Gasteiger partial charge in [-0.15, -0.1) is 0 Å². The van der Waals surface area contributed by atoms with Crippen molar-refractivity contribution in [2.75, 3.05) is 19.8 Å². The number of ether oxygens (including phenoxy) is 3. The molecule has 4 heteroatoms. The molecular weight excluding hydrogens is 266 g/mol. The average Bonchev–Trinajstić information content (AvgIpc) is 2.82. The van der Waals surface area contributed by atoms with Crippen LogP contribution in [0.3, 0.4) is 0 Å². The first-order valence-corrected chi connectivity index (χ1v) is 7.78. The molecule has 1 saturated heterocycles. The summed E-state index contributed by atoms with van der Waals surface area (Å²) in [5.74, 6) is 0.482. The lowest BCUT2D eigenvalue weighted by atomic mass is 10.1. The van der Waals surface area contributed by atoms with Gasteiger partial charge in [0, 0.05) is 12.6 Å². The molecule has 4 nitrogen and oxygen atoms in total. The summed E-state index contributed by atoms with van der Waals surface area (Å²) in [6, 6.07) is 8.55. The van der Waals surface area contributed by atoms with Crippen LogP contribution in [0.25, 0.3) is 0 Å². The fraction of sp³-hybridized carbons (Fsp3) is 0.647. The minimum Gasteiger partial charge on any atom is -0.494 e. The van der Waals surface area contributed by atoms with Gasteiger partial charge in [-0.3, -0.25) is 0 Å². The van der Waals surface area contributed by atoms with Gasteiger partial charge in [-0.2, -0.15) is 0 Å². The van der Waals surface area contributed by atoms with Gasteiger partial charge in [0.05, 0.1) is 19.3 Å². The van der Waals surface area contributed by atoms with E-state index in [0.29, 0.717) is 6.61 Å². The minimum absolute atomic E-state index is 0.120. The summed E-state index contributed by atoms with van der Waals surface area (Å²) in [5, 5.41) is 3.50. The third kappa shape index (κ3) is 4.99. The number of nitrogens with one attached hydrogen (secondary N) is 1. The topological polar surface area (TPSA) is 39.7 Å².